The van der Waals surface area contributed by atoms with Crippen molar-refractivity contribution in [1.29, 1.82) is 0 Å². The standard InChI is InChI=1S/C8H7I2NO/c9-7-6(12-5-1-2-5)3-4-11-8(7)10/h3-5H,1-2H2. The summed E-state index contributed by atoms with van der Waals surface area (Å²) in [4.78, 5) is 4.17. The summed E-state index contributed by atoms with van der Waals surface area (Å²) in [5.74, 6) is 0.984. The predicted molar refractivity (Wildman–Crippen MR) is 63.3 cm³/mol. The van der Waals surface area contributed by atoms with E-state index in [9.17, 15) is 0 Å². The van der Waals surface area contributed by atoms with Crippen LogP contribution in [0, 0.1) is 7.27 Å². The highest BCUT2D eigenvalue weighted by atomic mass is 127. The lowest BCUT2D eigenvalue weighted by atomic mass is 10.4. The van der Waals surface area contributed by atoms with Crippen molar-refractivity contribution in [3.8, 4) is 5.75 Å². The average Bonchev–Trinajstić information content (AvgIpc) is 2.83. The molecule has 64 valence electrons. The summed E-state index contributed by atoms with van der Waals surface area (Å²) in [6.07, 6.45) is 4.67. The molecule has 0 unspecified atom stereocenters. The fraction of sp³-hybridized carbons (Fsp3) is 0.375. The van der Waals surface area contributed by atoms with Crippen molar-refractivity contribution in [1.82, 2.24) is 4.98 Å². The van der Waals surface area contributed by atoms with Gasteiger partial charge in [-0.05, 0) is 64.1 Å². The predicted octanol–water partition coefficient (Wildman–Crippen LogP) is 2.83. The van der Waals surface area contributed by atoms with Gasteiger partial charge in [-0.25, -0.2) is 4.98 Å². The number of pyridine rings is 1. The second-order valence-electron chi connectivity index (χ2n) is 2.73. The molecule has 0 amide bonds. The van der Waals surface area contributed by atoms with Gasteiger partial charge in [0.05, 0.1) is 9.67 Å². The van der Waals surface area contributed by atoms with Gasteiger partial charge in [0, 0.05) is 6.20 Å². The molecule has 4 heteroatoms. The summed E-state index contributed by atoms with van der Waals surface area (Å²) in [5, 5.41) is 0. The minimum Gasteiger partial charge on any atom is -0.489 e. The molecule has 1 aliphatic carbocycles. The van der Waals surface area contributed by atoms with Crippen LogP contribution in [0.4, 0.5) is 0 Å². The molecule has 12 heavy (non-hydrogen) atoms. The van der Waals surface area contributed by atoms with Crippen molar-refractivity contribution in [2.45, 2.75) is 18.9 Å². The van der Waals surface area contributed by atoms with E-state index >= 15 is 0 Å². The van der Waals surface area contributed by atoms with Crippen molar-refractivity contribution < 1.29 is 4.74 Å². The van der Waals surface area contributed by atoms with Gasteiger partial charge in [0.25, 0.3) is 0 Å². The number of halogens is 2. The highest BCUT2D eigenvalue weighted by Crippen LogP contribution is 2.30. The van der Waals surface area contributed by atoms with Crippen LogP contribution in [0.5, 0.6) is 5.75 Å². The topological polar surface area (TPSA) is 22.1 Å². The van der Waals surface area contributed by atoms with Crippen LogP contribution >= 0.6 is 45.2 Å². The van der Waals surface area contributed by atoms with E-state index in [1.54, 1.807) is 6.20 Å². The van der Waals surface area contributed by atoms with Gasteiger partial charge in [0.2, 0.25) is 0 Å². The Labute approximate surface area is 98.4 Å². The maximum absolute atomic E-state index is 5.68. The first kappa shape index (κ1) is 8.98. The molecule has 0 atom stereocenters. The van der Waals surface area contributed by atoms with Crippen molar-refractivity contribution in [2.75, 3.05) is 0 Å². The first-order chi connectivity index (χ1) is 5.77. The lowest BCUT2D eigenvalue weighted by molar-refractivity contribution is 0.300. The minimum atomic E-state index is 0.469. The van der Waals surface area contributed by atoms with E-state index in [1.807, 2.05) is 6.07 Å². The van der Waals surface area contributed by atoms with E-state index in [0.717, 1.165) is 13.0 Å². The fourth-order valence-corrected chi connectivity index (χ4v) is 1.73. The SMILES string of the molecule is Ic1nccc(OC2CC2)c1I. The molecule has 0 spiro atoms. The van der Waals surface area contributed by atoms with Crippen LogP contribution in [-0.2, 0) is 0 Å². The fourth-order valence-electron chi connectivity index (χ4n) is 0.858. The molecule has 0 saturated heterocycles. The van der Waals surface area contributed by atoms with Crippen molar-refractivity contribution in [2.24, 2.45) is 0 Å². The summed E-state index contributed by atoms with van der Waals surface area (Å²) in [7, 11) is 0. The maximum atomic E-state index is 5.68. The van der Waals surface area contributed by atoms with E-state index in [1.165, 1.54) is 12.8 Å². The molecule has 1 aliphatic rings. The molecular formula is C8H7I2NO. The number of nitrogens with zero attached hydrogens (tertiary/aromatic N) is 1. The zero-order valence-electron chi connectivity index (χ0n) is 6.26. The molecule has 1 aromatic heterocycles. The second-order valence-corrected chi connectivity index (χ2v) is 4.83. The van der Waals surface area contributed by atoms with Crippen LogP contribution in [0.3, 0.4) is 0 Å². The highest BCUT2D eigenvalue weighted by molar-refractivity contribution is 14.1. The average molecular weight is 387 g/mol. The third kappa shape index (κ3) is 2.01. The van der Waals surface area contributed by atoms with Crippen LogP contribution in [-0.4, -0.2) is 11.1 Å². The Bertz CT molecular complexity index is 299. The third-order valence-corrected chi connectivity index (χ3v) is 4.52. The Morgan fingerprint density at radius 3 is 2.83 bits per heavy atom. The lowest BCUT2D eigenvalue weighted by Crippen LogP contribution is -1.99. The number of hydrogen-bond donors (Lipinski definition) is 0. The Hall–Kier alpha value is 0.410. The van der Waals surface area contributed by atoms with Gasteiger partial charge in [-0.2, -0.15) is 0 Å². The van der Waals surface area contributed by atoms with E-state index in [4.69, 9.17) is 4.74 Å². The van der Waals surface area contributed by atoms with Gasteiger partial charge < -0.3 is 4.74 Å². The Kier molecular flexibility index (Phi) is 2.73. The van der Waals surface area contributed by atoms with Gasteiger partial charge >= 0.3 is 0 Å². The normalized spacial score (nSPS) is 16.2. The summed E-state index contributed by atoms with van der Waals surface area (Å²) in [6.45, 7) is 0. The first-order valence-corrected chi connectivity index (χ1v) is 5.90. The largest absolute Gasteiger partial charge is 0.489 e. The van der Waals surface area contributed by atoms with Crippen molar-refractivity contribution in [3.63, 3.8) is 0 Å². The van der Waals surface area contributed by atoms with Gasteiger partial charge in [-0.1, -0.05) is 0 Å². The summed E-state index contributed by atoms with van der Waals surface area (Å²) < 4.78 is 7.83. The molecule has 1 heterocycles. The lowest BCUT2D eigenvalue weighted by Gasteiger charge is -2.06. The number of ether oxygens (including phenoxy) is 1. The molecule has 1 fully saturated rings. The zero-order valence-corrected chi connectivity index (χ0v) is 10.6. The van der Waals surface area contributed by atoms with Crippen LogP contribution in [0.25, 0.3) is 0 Å². The number of hydrogen-bond acceptors (Lipinski definition) is 2. The third-order valence-electron chi connectivity index (χ3n) is 1.63. The number of aromatic nitrogens is 1. The Morgan fingerprint density at radius 1 is 1.42 bits per heavy atom. The smallest absolute Gasteiger partial charge is 0.137 e. The van der Waals surface area contributed by atoms with E-state index in [0.29, 0.717) is 6.10 Å². The second kappa shape index (κ2) is 3.65. The zero-order chi connectivity index (χ0) is 8.55. The molecule has 2 rings (SSSR count). The maximum Gasteiger partial charge on any atom is 0.137 e. The van der Waals surface area contributed by atoms with E-state index < -0.39 is 0 Å². The molecule has 0 radical (unpaired) electrons. The summed E-state index contributed by atoms with van der Waals surface area (Å²) in [5.41, 5.74) is 0. The van der Waals surface area contributed by atoms with Gasteiger partial charge in [0.15, 0.2) is 0 Å². The first-order valence-electron chi connectivity index (χ1n) is 3.74. The van der Waals surface area contributed by atoms with Crippen LogP contribution < -0.4 is 4.74 Å². The van der Waals surface area contributed by atoms with E-state index in [2.05, 4.69) is 50.2 Å². The Balaban J connectivity index is 2.23. The van der Waals surface area contributed by atoms with E-state index in [-0.39, 0.29) is 0 Å². The Morgan fingerprint density at radius 2 is 2.17 bits per heavy atom. The van der Waals surface area contributed by atoms with Crippen LogP contribution in [0.1, 0.15) is 12.8 Å². The summed E-state index contributed by atoms with van der Waals surface area (Å²) >= 11 is 4.49. The summed E-state index contributed by atoms with van der Waals surface area (Å²) in [6, 6.07) is 1.93. The van der Waals surface area contributed by atoms with Gasteiger partial charge in [0.1, 0.15) is 9.45 Å². The van der Waals surface area contributed by atoms with Crippen LogP contribution in [0.15, 0.2) is 12.3 Å². The van der Waals surface area contributed by atoms with Gasteiger partial charge in [-0.3, -0.25) is 0 Å². The molecule has 1 aromatic rings. The highest BCUT2D eigenvalue weighted by Gasteiger charge is 2.24. The van der Waals surface area contributed by atoms with Gasteiger partial charge in [-0.15, -0.1) is 0 Å². The molecular weight excluding hydrogens is 380 g/mol. The molecule has 0 aromatic carbocycles. The number of rotatable bonds is 2. The molecule has 2 nitrogen and oxygen atoms in total. The van der Waals surface area contributed by atoms with Crippen molar-refractivity contribution in [3.05, 3.63) is 19.5 Å². The molecule has 0 N–H and O–H groups in total. The molecule has 0 bridgehead atoms. The molecule has 1 saturated carbocycles. The van der Waals surface area contributed by atoms with Crippen LogP contribution in [0.2, 0.25) is 0 Å². The monoisotopic (exact) mass is 387 g/mol. The minimum absolute atomic E-state index is 0.469. The quantitative estimate of drug-likeness (QED) is 0.576. The molecule has 0 aliphatic heterocycles. The van der Waals surface area contributed by atoms with Crippen molar-refractivity contribution >= 4 is 45.2 Å².